The van der Waals surface area contributed by atoms with E-state index in [1.54, 1.807) is 12.1 Å². The van der Waals surface area contributed by atoms with Crippen LogP contribution in [0.3, 0.4) is 0 Å². The molecule has 3 rings (SSSR count). The normalized spacial score (nSPS) is 13.4. The predicted octanol–water partition coefficient (Wildman–Crippen LogP) is 1.17. The predicted molar refractivity (Wildman–Crippen MR) is 180 cm³/mol. The Bertz CT molecular complexity index is 1460. The third-order valence-corrected chi connectivity index (χ3v) is 6.40. The monoisotopic (exact) mass is 702 g/mol. The Balaban J connectivity index is 0.00000141. The number of non-ortho nitro benzene ring substituents is 1. The van der Waals surface area contributed by atoms with Crippen molar-refractivity contribution in [1.29, 1.82) is 0 Å². The fraction of sp³-hybridized carbons (Fsp3) is 0.387. The van der Waals surface area contributed by atoms with Gasteiger partial charge in [0.1, 0.15) is 25.2 Å². The van der Waals surface area contributed by atoms with Crippen molar-refractivity contribution in [3.63, 3.8) is 0 Å². The van der Waals surface area contributed by atoms with Crippen LogP contribution in [-0.2, 0) is 35.3 Å². The zero-order valence-corrected chi connectivity index (χ0v) is 27.6. The summed E-state index contributed by atoms with van der Waals surface area (Å²) in [6.07, 6.45) is 0.708. The molecular weight excluding hydrogens is 660 g/mol. The number of carbonyl (C=O) groups excluding carboxylic acids is 4. The van der Waals surface area contributed by atoms with Crippen molar-refractivity contribution in [2.24, 2.45) is 16.5 Å². The number of hydrogen-bond acceptors (Lipinski definition) is 10. The second kappa shape index (κ2) is 22.3. The number of carbonyl (C=O) groups is 6. The third-order valence-electron chi connectivity index (χ3n) is 6.40. The van der Waals surface area contributed by atoms with Crippen molar-refractivity contribution in [2.45, 2.75) is 58.2 Å². The highest BCUT2D eigenvalue weighted by atomic mass is 16.6. The van der Waals surface area contributed by atoms with E-state index in [0.29, 0.717) is 31.5 Å². The van der Waals surface area contributed by atoms with Gasteiger partial charge in [-0.1, -0.05) is 30.3 Å². The number of carboxylic acids is 2. The molecule has 2 aromatic rings. The number of nitrogens with two attached hydrogens (primary N) is 2. The molecule has 0 spiro atoms. The summed E-state index contributed by atoms with van der Waals surface area (Å²) in [6.45, 7) is 2.38. The second-order valence-electron chi connectivity index (χ2n) is 10.5. The van der Waals surface area contributed by atoms with Crippen LogP contribution < -0.4 is 27.4 Å². The molecule has 9 N–H and O–H groups in total. The maximum absolute atomic E-state index is 13.2. The minimum atomic E-state index is -1.01. The Labute approximate surface area is 287 Å². The van der Waals surface area contributed by atoms with Crippen molar-refractivity contribution in [2.75, 3.05) is 25.0 Å². The quantitative estimate of drug-likeness (QED) is 0.0508. The lowest BCUT2D eigenvalue weighted by molar-refractivity contribution is -0.384. The number of likely N-dealkylation sites (tertiary alicyclic amines) is 1. The van der Waals surface area contributed by atoms with Crippen LogP contribution in [0.1, 0.15) is 45.1 Å². The molecular formula is C31H42N8O11. The molecule has 0 aliphatic carbocycles. The number of ether oxygens (including phenoxy) is 1. The molecule has 1 heterocycles. The smallest absolute Gasteiger partial charge is 0.407 e. The first-order valence-corrected chi connectivity index (χ1v) is 15.1. The van der Waals surface area contributed by atoms with E-state index in [2.05, 4.69) is 20.9 Å². The van der Waals surface area contributed by atoms with Crippen LogP contribution in [0.5, 0.6) is 0 Å². The number of anilines is 1. The molecule has 0 saturated carbocycles. The Kier molecular flexibility index (Phi) is 18.6. The van der Waals surface area contributed by atoms with Crippen LogP contribution in [0.15, 0.2) is 59.6 Å². The molecule has 2 aromatic carbocycles. The number of nitro groups is 1. The molecule has 0 radical (unpaired) electrons. The number of carboxylic acid groups (broad SMARTS) is 2. The second-order valence-corrected chi connectivity index (χ2v) is 10.5. The van der Waals surface area contributed by atoms with Crippen molar-refractivity contribution in [1.82, 2.24) is 15.5 Å². The molecule has 1 fully saturated rings. The summed E-state index contributed by atoms with van der Waals surface area (Å²) in [5.74, 6) is -3.33. The number of amides is 4. The number of nitrogens with one attached hydrogen (secondary N) is 3. The van der Waals surface area contributed by atoms with Crippen molar-refractivity contribution in [3.8, 4) is 0 Å². The fourth-order valence-electron chi connectivity index (χ4n) is 4.30. The van der Waals surface area contributed by atoms with Gasteiger partial charge in [0.25, 0.3) is 17.6 Å². The Morgan fingerprint density at radius 1 is 1.02 bits per heavy atom. The molecule has 272 valence electrons. The summed E-state index contributed by atoms with van der Waals surface area (Å²) in [5.41, 5.74) is 11.7. The number of guanidine groups is 1. The third kappa shape index (κ3) is 17.6. The summed E-state index contributed by atoms with van der Waals surface area (Å²) in [6, 6.07) is 12.5. The molecule has 0 bridgehead atoms. The highest BCUT2D eigenvalue weighted by Gasteiger charge is 2.35. The van der Waals surface area contributed by atoms with Crippen LogP contribution in [-0.4, -0.2) is 93.5 Å². The molecule has 1 saturated heterocycles. The van der Waals surface area contributed by atoms with Gasteiger partial charge in [-0.3, -0.25) is 39.1 Å². The van der Waals surface area contributed by atoms with Crippen LogP contribution in [0.2, 0.25) is 0 Å². The molecule has 19 heteroatoms. The SMILES string of the molecule is CC(=O)O.CC(=O)O.NC(N)=NCCC[C@H](NC(=O)[C@@H]1CCCN1C(=O)CNC(=O)OCc1ccccc1)C(=O)Nc1ccc([N+](=O)[O-])cc1. The van der Waals surface area contributed by atoms with Gasteiger partial charge < -0.3 is 47.3 Å². The number of nitro benzene ring substituents is 1. The average molecular weight is 703 g/mol. The van der Waals surface area contributed by atoms with E-state index >= 15 is 0 Å². The number of hydrogen-bond donors (Lipinski definition) is 7. The van der Waals surface area contributed by atoms with Crippen molar-refractivity contribution < 1.29 is 48.6 Å². The lowest BCUT2D eigenvalue weighted by atomic mass is 10.1. The molecule has 1 aliphatic heterocycles. The summed E-state index contributed by atoms with van der Waals surface area (Å²) < 4.78 is 5.12. The summed E-state index contributed by atoms with van der Waals surface area (Å²) in [5, 5.41) is 33.5. The lowest BCUT2D eigenvalue weighted by Gasteiger charge is -2.26. The van der Waals surface area contributed by atoms with Gasteiger partial charge in [-0.25, -0.2) is 4.79 Å². The number of aliphatic carboxylic acids is 2. The number of benzene rings is 2. The van der Waals surface area contributed by atoms with Crippen molar-refractivity contribution in [3.05, 3.63) is 70.3 Å². The first kappa shape index (κ1) is 41.8. The molecule has 19 nitrogen and oxygen atoms in total. The molecule has 0 unspecified atom stereocenters. The highest BCUT2D eigenvalue weighted by Crippen LogP contribution is 2.19. The van der Waals surface area contributed by atoms with Crippen LogP contribution in [0.25, 0.3) is 0 Å². The van der Waals surface area contributed by atoms with Gasteiger partial charge in [0.2, 0.25) is 17.7 Å². The van der Waals surface area contributed by atoms with E-state index in [9.17, 15) is 29.3 Å². The van der Waals surface area contributed by atoms with Gasteiger partial charge in [0, 0.05) is 44.8 Å². The number of aliphatic imine (C=N–C) groups is 1. The van der Waals surface area contributed by atoms with Crippen LogP contribution in [0, 0.1) is 10.1 Å². The summed E-state index contributed by atoms with van der Waals surface area (Å²) in [4.78, 5) is 84.8. The lowest BCUT2D eigenvalue weighted by Crippen LogP contribution is -2.53. The van der Waals surface area contributed by atoms with Gasteiger partial charge in [-0.2, -0.15) is 0 Å². The topological polar surface area (TPSA) is 299 Å². The molecule has 2 atom stereocenters. The maximum Gasteiger partial charge on any atom is 0.407 e. The summed E-state index contributed by atoms with van der Waals surface area (Å²) >= 11 is 0. The van der Waals surface area contributed by atoms with E-state index in [1.807, 2.05) is 18.2 Å². The minimum absolute atomic E-state index is 0.0438. The number of nitrogens with zero attached hydrogens (tertiary/aromatic N) is 3. The van der Waals surface area contributed by atoms with Crippen molar-refractivity contribution >= 4 is 53.1 Å². The Hall–Kier alpha value is -6.27. The molecule has 50 heavy (non-hydrogen) atoms. The van der Waals surface area contributed by atoms with E-state index in [0.717, 1.165) is 19.4 Å². The van der Waals surface area contributed by atoms with Gasteiger partial charge >= 0.3 is 6.09 Å². The van der Waals surface area contributed by atoms with Crippen LogP contribution >= 0.6 is 0 Å². The summed E-state index contributed by atoms with van der Waals surface area (Å²) in [7, 11) is 0. The van der Waals surface area contributed by atoms with Gasteiger partial charge in [0.05, 0.1) is 4.92 Å². The first-order valence-electron chi connectivity index (χ1n) is 15.1. The zero-order valence-electron chi connectivity index (χ0n) is 27.6. The van der Waals surface area contributed by atoms with E-state index in [4.69, 9.17) is 36.0 Å². The molecule has 1 aliphatic rings. The molecule has 4 amide bonds. The van der Waals surface area contributed by atoms with Crippen LogP contribution in [0.4, 0.5) is 16.2 Å². The first-order chi connectivity index (χ1) is 23.6. The Morgan fingerprint density at radius 2 is 1.62 bits per heavy atom. The number of rotatable bonds is 13. The van der Waals surface area contributed by atoms with Gasteiger partial charge in [-0.05, 0) is 43.4 Å². The van der Waals surface area contributed by atoms with E-state index < -0.39 is 52.8 Å². The number of alkyl carbamates (subject to hydrolysis) is 1. The highest BCUT2D eigenvalue weighted by molar-refractivity contribution is 5.98. The minimum Gasteiger partial charge on any atom is -0.481 e. The standard InChI is InChI=1S/C27H34N8O7.2C2H4O2/c28-26(29)30-14-4-8-21(24(37)32-19-10-12-20(13-11-19)35(40)41)33-25(38)22-9-5-15-34(22)23(36)16-31-27(39)42-17-18-6-2-1-3-7-18;2*1-2(3)4/h1-3,6-7,10-13,21-22H,4-5,8-9,14-17H2,(H,31,39)(H,32,37)(H,33,38)(H4,28,29,30);2*1H3,(H,3,4)/t21-,22-;;/m0../s1. The average Bonchev–Trinajstić information content (AvgIpc) is 3.55. The fourth-order valence-corrected chi connectivity index (χ4v) is 4.30. The van der Waals surface area contributed by atoms with E-state index in [1.165, 1.54) is 29.2 Å². The van der Waals surface area contributed by atoms with Gasteiger partial charge in [0.15, 0.2) is 5.96 Å². The zero-order chi connectivity index (χ0) is 37.6. The molecule has 0 aromatic heterocycles. The maximum atomic E-state index is 13.2. The van der Waals surface area contributed by atoms with Gasteiger partial charge in [-0.15, -0.1) is 0 Å². The Morgan fingerprint density at radius 3 is 2.18 bits per heavy atom. The largest absolute Gasteiger partial charge is 0.481 e. The van der Waals surface area contributed by atoms with E-state index in [-0.39, 0.29) is 37.8 Å².